The van der Waals surface area contributed by atoms with Crippen molar-refractivity contribution in [2.45, 2.75) is 35.9 Å². The molecule has 0 bridgehead atoms. The van der Waals surface area contributed by atoms with E-state index in [4.69, 9.17) is 5.73 Å². The number of piperidine rings is 1. The first-order valence-corrected chi connectivity index (χ1v) is 9.53. The van der Waals surface area contributed by atoms with E-state index in [1.807, 2.05) is 0 Å². The molecule has 2 heterocycles. The topological polar surface area (TPSA) is 120 Å². The number of carbonyl (C=O) groups is 1. The number of likely N-dealkylation sites (tertiary alicyclic amines) is 1. The van der Waals surface area contributed by atoms with Gasteiger partial charge in [0.25, 0.3) is 11.6 Å². The normalized spacial score (nSPS) is 19.2. The maximum atomic E-state index is 12.9. The van der Waals surface area contributed by atoms with Crippen LogP contribution in [0.25, 0.3) is 0 Å². The van der Waals surface area contributed by atoms with Crippen molar-refractivity contribution >= 4 is 35.8 Å². The first-order chi connectivity index (χ1) is 12.9. The molecule has 1 aromatic carbocycles. The molecule has 2 aromatic rings. The van der Waals surface area contributed by atoms with Gasteiger partial charge in [-0.15, -0.1) is 22.6 Å². The molecule has 0 spiro atoms. The van der Waals surface area contributed by atoms with Crippen molar-refractivity contribution in [2.75, 3.05) is 13.1 Å². The van der Waals surface area contributed by atoms with Crippen LogP contribution in [0.15, 0.2) is 34.6 Å². The van der Waals surface area contributed by atoms with Crippen LogP contribution in [0.3, 0.4) is 0 Å². The van der Waals surface area contributed by atoms with E-state index >= 15 is 0 Å². The first-order valence-electron chi connectivity index (χ1n) is 8.72. The summed E-state index contributed by atoms with van der Waals surface area (Å²) in [6, 6.07) is 4.52. The van der Waals surface area contributed by atoms with Gasteiger partial charge >= 0.3 is 0 Å². The van der Waals surface area contributed by atoms with Crippen molar-refractivity contribution in [3.8, 4) is 0 Å². The average Bonchev–Trinajstić information content (AvgIpc) is 3.05. The summed E-state index contributed by atoms with van der Waals surface area (Å²) >= 11 is 1.14. The molecule has 9 nitrogen and oxygen atoms in total. The molecule has 0 radical (unpaired) electrons. The van der Waals surface area contributed by atoms with Gasteiger partial charge in [0.05, 0.1) is 9.82 Å². The summed E-state index contributed by atoms with van der Waals surface area (Å²) in [5, 5.41) is 19.8. The highest BCUT2D eigenvalue weighted by Crippen LogP contribution is 2.35. The van der Waals surface area contributed by atoms with Gasteiger partial charge in [-0.25, -0.2) is 0 Å². The molecule has 1 fully saturated rings. The smallest absolute Gasteiger partial charge is 0.284 e. The number of benzene rings is 1. The van der Waals surface area contributed by atoms with Gasteiger partial charge in [0, 0.05) is 37.8 Å². The molecule has 2 N–H and O–H groups in total. The minimum absolute atomic E-state index is 0. The summed E-state index contributed by atoms with van der Waals surface area (Å²) in [7, 11) is 1.76. The van der Waals surface area contributed by atoms with E-state index < -0.39 is 4.92 Å². The Bertz CT molecular complexity index is 861. The summed E-state index contributed by atoms with van der Waals surface area (Å²) in [6.07, 6.45) is 3.28. The van der Waals surface area contributed by atoms with Crippen molar-refractivity contribution < 1.29 is 9.72 Å². The number of carbonyl (C=O) groups excluding carboxylic acids is 1. The lowest BCUT2D eigenvalue weighted by molar-refractivity contribution is -0.387. The Kier molecular flexibility index (Phi) is 7.39. The minimum Gasteiger partial charge on any atom is -0.334 e. The molecule has 1 aliphatic rings. The van der Waals surface area contributed by atoms with E-state index in [0.29, 0.717) is 34.6 Å². The van der Waals surface area contributed by atoms with E-state index in [1.54, 1.807) is 28.6 Å². The van der Waals surface area contributed by atoms with Crippen LogP contribution in [0.2, 0.25) is 0 Å². The third-order valence-electron chi connectivity index (χ3n) is 4.78. The molecule has 1 amide bonds. The summed E-state index contributed by atoms with van der Waals surface area (Å²) < 4.78 is 1.67. The van der Waals surface area contributed by atoms with Crippen molar-refractivity contribution in [1.82, 2.24) is 19.7 Å². The van der Waals surface area contributed by atoms with Gasteiger partial charge in [-0.05, 0) is 42.7 Å². The van der Waals surface area contributed by atoms with Gasteiger partial charge < -0.3 is 15.2 Å². The number of nitro benzene ring substituents is 1. The number of aryl methyl sites for hydroxylation is 1. The van der Waals surface area contributed by atoms with Gasteiger partial charge in [0.2, 0.25) is 0 Å². The van der Waals surface area contributed by atoms with Crippen LogP contribution in [-0.4, -0.2) is 49.6 Å². The lowest BCUT2D eigenvalue weighted by Gasteiger charge is -2.38. The Hall–Kier alpha value is -2.17. The maximum Gasteiger partial charge on any atom is 0.284 e. The number of halogens is 1. The van der Waals surface area contributed by atoms with E-state index in [0.717, 1.165) is 24.6 Å². The molecule has 152 valence electrons. The Labute approximate surface area is 173 Å². The van der Waals surface area contributed by atoms with Gasteiger partial charge in [-0.1, -0.05) is 6.92 Å². The fraction of sp³-hybridized carbons (Fsp3) is 0.471. The summed E-state index contributed by atoms with van der Waals surface area (Å²) in [5.74, 6) is 0.303. The molecular weight excluding hydrogens is 404 g/mol. The fourth-order valence-electron chi connectivity index (χ4n) is 3.25. The average molecular weight is 427 g/mol. The molecule has 28 heavy (non-hydrogen) atoms. The monoisotopic (exact) mass is 426 g/mol. The van der Waals surface area contributed by atoms with Gasteiger partial charge in [-0.2, -0.15) is 0 Å². The molecule has 3 rings (SSSR count). The van der Waals surface area contributed by atoms with E-state index in [9.17, 15) is 14.9 Å². The van der Waals surface area contributed by atoms with Crippen LogP contribution >= 0.6 is 24.2 Å². The number of hydrogen-bond donors (Lipinski definition) is 1. The van der Waals surface area contributed by atoms with Gasteiger partial charge in [0.15, 0.2) is 5.16 Å². The van der Waals surface area contributed by atoms with Crippen LogP contribution in [0, 0.1) is 16.0 Å². The second-order valence-electron chi connectivity index (χ2n) is 6.78. The number of nitrogens with zero attached hydrogens (tertiary/aromatic N) is 5. The number of amides is 1. The number of rotatable bonds is 5. The Balaban J connectivity index is 0.00000280. The first kappa shape index (κ1) is 22.1. The zero-order chi connectivity index (χ0) is 19.6. The largest absolute Gasteiger partial charge is 0.334 e. The molecule has 0 saturated carbocycles. The SMILES string of the molecule is CC1CCN(C(=O)c2ccc(Sc3nncn3C)c([N+](=O)[O-])c2)C(CN)C1.Cl. The summed E-state index contributed by atoms with van der Waals surface area (Å²) in [4.78, 5) is 26.2. The predicted molar refractivity (Wildman–Crippen MR) is 108 cm³/mol. The second kappa shape index (κ2) is 9.35. The molecule has 1 saturated heterocycles. The Morgan fingerprint density at radius 1 is 1.46 bits per heavy atom. The van der Waals surface area contributed by atoms with Crippen molar-refractivity contribution in [2.24, 2.45) is 18.7 Å². The van der Waals surface area contributed by atoms with Crippen LogP contribution in [0.4, 0.5) is 5.69 Å². The van der Waals surface area contributed by atoms with Crippen LogP contribution in [0.5, 0.6) is 0 Å². The molecule has 1 aromatic heterocycles. The lowest BCUT2D eigenvalue weighted by atomic mass is 9.92. The van der Waals surface area contributed by atoms with Gasteiger partial charge in [-0.3, -0.25) is 14.9 Å². The number of nitro groups is 1. The zero-order valence-electron chi connectivity index (χ0n) is 15.6. The minimum atomic E-state index is -0.478. The third kappa shape index (κ3) is 4.62. The van der Waals surface area contributed by atoms with E-state index in [2.05, 4.69) is 17.1 Å². The van der Waals surface area contributed by atoms with Crippen molar-refractivity contribution in [3.05, 3.63) is 40.2 Å². The summed E-state index contributed by atoms with van der Waals surface area (Å²) in [5.41, 5.74) is 6.02. The number of nitrogens with two attached hydrogens (primary N) is 1. The molecule has 2 atom stereocenters. The van der Waals surface area contributed by atoms with Crippen LogP contribution < -0.4 is 5.73 Å². The molecule has 2 unspecified atom stereocenters. The van der Waals surface area contributed by atoms with Gasteiger partial charge in [0.1, 0.15) is 6.33 Å². The highest BCUT2D eigenvalue weighted by molar-refractivity contribution is 7.99. The number of hydrogen-bond acceptors (Lipinski definition) is 7. The van der Waals surface area contributed by atoms with E-state index in [-0.39, 0.29) is 30.0 Å². The Morgan fingerprint density at radius 3 is 2.82 bits per heavy atom. The van der Waals surface area contributed by atoms with Crippen LogP contribution in [-0.2, 0) is 7.05 Å². The number of aromatic nitrogens is 3. The summed E-state index contributed by atoms with van der Waals surface area (Å²) in [6.45, 7) is 3.15. The van der Waals surface area contributed by atoms with E-state index in [1.165, 1.54) is 12.4 Å². The fourth-order valence-corrected chi connectivity index (χ4v) is 4.10. The highest BCUT2D eigenvalue weighted by atomic mass is 35.5. The molecule has 0 aliphatic carbocycles. The quantitative estimate of drug-likeness (QED) is 0.575. The third-order valence-corrected chi connectivity index (χ3v) is 5.90. The molecular formula is C17H23ClN6O3S. The predicted octanol–water partition coefficient (Wildman–Crippen LogP) is 2.50. The maximum absolute atomic E-state index is 12.9. The Morgan fingerprint density at radius 2 is 2.21 bits per heavy atom. The van der Waals surface area contributed by atoms with Crippen molar-refractivity contribution in [1.29, 1.82) is 0 Å². The lowest BCUT2D eigenvalue weighted by Crippen LogP contribution is -2.49. The highest BCUT2D eigenvalue weighted by Gasteiger charge is 2.30. The van der Waals surface area contributed by atoms with Crippen LogP contribution in [0.1, 0.15) is 30.1 Å². The standard InChI is InChI=1S/C17H22N6O3S.ClH/c1-11-5-6-22(13(7-11)9-18)16(24)12-3-4-15(14(8-12)23(25)26)27-17-20-19-10-21(17)2;/h3-4,8,10-11,13H,5-7,9,18H2,1-2H3;1H. The zero-order valence-corrected chi connectivity index (χ0v) is 17.3. The van der Waals surface area contributed by atoms with Crippen molar-refractivity contribution in [3.63, 3.8) is 0 Å². The molecule has 1 aliphatic heterocycles. The molecule has 11 heteroatoms. The second-order valence-corrected chi connectivity index (χ2v) is 7.79.